The highest BCUT2D eigenvalue weighted by atomic mass is 79.9. The van der Waals surface area contributed by atoms with Crippen molar-refractivity contribution in [2.45, 2.75) is 12.3 Å². The van der Waals surface area contributed by atoms with Gasteiger partial charge in [0.1, 0.15) is 0 Å². The molecule has 11 heavy (non-hydrogen) atoms. The smallest absolute Gasteiger partial charge is 0.254 e. The van der Waals surface area contributed by atoms with Gasteiger partial charge in [-0.2, -0.15) is 0 Å². The number of halogens is 1. The summed E-state index contributed by atoms with van der Waals surface area (Å²) >= 11 is 3.25. The van der Waals surface area contributed by atoms with Gasteiger partial charge in [-0.15, -0.1) is 0 Å². The Labute approximate surface area is 74.0 Å². The van der Waals surface area contributed by atoms with Crippen molar-refractivity contribution in [2.75, 3.05) is 0 Å². The zero-order valence-electron chi connectivity index (χ0n) is 6.60. The Morgan fingerprint density at radius 2 is 2.18 bits per heavy atom. The van der Waals surface area contributed by atoms with Crippen molar-refractivity contribution in [1.29, 1.82) is 0 Å². The molecule has 0 radical (unpaired) electrons. The van der Waals surface area contributed by atoms with E-state index in [0.29, 0.717) is 5.33 Å². The normalized spacial score (nSPS) is 10.1. The molecule has 0 N–H and O–H groups in total. The van der Waals surface area contributed by atoms with E-state index in [9.17, 15) is 4.79 Å². The first-order valence-corrected chi connectivity index (χ1v) is 4.50. The van der Waals surface area contributed by atoms with Crippen LogP contribution in [0.3, 0.4) is 0 Å². The van der Waals surface area contributed by atoms with Crippen LogP contribution in [-0.4, -0.2) is 4.57 Å². The van der Waals surface area contributed by atoms with Crippen molar-refractivity contribution in [2.24, 2.45) is 7.05 Å². The molecule has 0 aliphatic heterocycles. The molecule has 0 unspecified atom stereocenters. The van der Waals surface area contributed by atoms with Crippen LogP contribution in [0.2, 0.25) is 0 Å². The van der Waals surface area contributed by atoms with Crippen molar-refractivity contribution >= 4 is 15.9 Å². The molecule has 0 aliphatic rings. The zero-order chi connectivity index (χ0) is 8.43. The van der Waals surface area contributed by atoms with Crippen LogP contribution in [0, 0.1) is 6.92 Å². The number of pyridine rings is 1. The Kier molecular flexibility index (Phi) is 2.49. The maximum absolute atomic E-state index is 11.4. The third-order valence-corrected chi connectivity index (χ3v) is 2.38. The van der Waals surface area contributed by atoms with E-state index < -0.39 is 0 Å². The van der Waals surface area contributed by atoms with Gasteiger partial charge in [-0.3, -0.25) is 4.79 Å². The third kappa shape index (κ3) is 1.53. The molecule has 1 heterocycles. The Balaban J connectivity index is 3.37. The van der Waals surface area contributed by atoms with E-state index in [2.05, 4.69) is 15.9 Å². The molecule has 1 aromatic heterocycles. The maximum atomic E-state index is 11.4. The lowest BCUT2D eigenvalue weighted by molar-refractivity contribution is 0.807. The molecule has 1 aromatic rings. The average Bonchev–Trinajstić information content (AvgIpc) is 2.01. The van der Waals surface area contributed by atoms with Gasteiger partial charge in [0, 0.05) is 23.6 Å². The predicted molar refractivity (Wildman–Crippen MR) is 49.1 cm³/mol. The fourth-order valence-electron chi connectivity index (χ4n) is 0.882. The van der Waals surface area contributed by atoms with Gasteiger partial charge in [-0.1, -0.05) is 22.0 Å². The molecular formula is C8H10BrNO. The molecule has 0 amide bonds. The summed E-state index contributed by atoms with van der Waals surface area (Å²) in [4.78, 5) is 11.4. The van der Waals surface area contributed by atoms with Crippen LogP contribution in [0.4, 0.5) is 0 Å². The zero-order valence-corrected chi connectivity index (χ0v) is 8.18. The number of hydrogen-bond acceptors (Lipinski definition) is 1. The van der Waals surface area contributed by atoms with Gasteiger partial charge in [0.25, 0.3) is 5.56 Å². The number of nitrogens with zero attached hydrogens (tertiary/aromatic N) is 1. The molecular weight excluding hydrogens is 206 g/mol. The Hall–Kier alpha value is -0.570. The highest BCUT2D eigenvalue weighted by Gasteiger charge is 1.99. The minimum Gasteiger partial charge on any atom is -0.316 e. The Morgan fingerprint density at radius 3 is 2.73 bits per heavy atom. The molecule has 0 saturated heterocycles. The maximum Gasteiger partial charge on any atom is 0.254 e. The molecule has 0 bridgehead atoms. The summed E-state index contributed by atoms with van der Waals surface area (Å²) in [6, 6.07) is 3.80. The van der Waals surface area contributed by atoms with E-state index in [-0.39, 0.29) is 5.56 Å². The number of hydrogen-bond donors (Lipinski definition) is 0. The SMILES string of the molecule is Cc1ccc(CBr)c(=O)n1C. The Morgan fingerprint density at radius 1 is 1.55 bits per heavy atom. The lowest BCUT2D eigenvalue weighted by Gasteiger charge is -2.03. The van der Waals surface area contributed by atoms with Gasteiger partial charge in [0.2, 0.25) is 0 Å². The summed E-state index contributed by atoms with van der Waals surface area (Å²) in [6.45, 7) is 1.92. The number of aryl methyl sites for hydroxylation is 1. The highest BCUT2D eigenvalue weighted by Crippen LogP contribution is 2.00. The van der Waals surface area contributed by atoms with Gasteiger partial charge in [0.05, 0.1) is 0 Å². The van der Waals surface area contributed by atoms with Crippen molar-refractivity contribution in [3.05, 3.63) is 33.7 Å². The van der Waals surface area contributed by atoms with Crippen molar-refractivity contribution in [3.63, 3.8) is 0 Å². The van der Waals surface area contributed by atoms with E-state index in [4.69, 9.17) is 0 Å². The van der Waals surface area contributed by atoms with Gasteiger partial charge in [0.15, 0.2) is 0 Å². The van der Waals surface area contributed by atoms with Crippen LogP contribution in [0.5, 0.6) is 0 Å². The number of alkyl halides is 1. The summed E-state index contributed by atoms with van der Waals surface area (Å²) in [6.07, 6.45) is 0. The van der Waals surface area contributed by atoms with Crippen LogP contribution >= 0.6 is 15.9 Å². The molecule has 0 aromatic carbocycles. The summed E-state index contributed by atoms with van der Waals surface area (Å²) in [5.41, 5.74) is 1.87. The molecule has 0 saturated carbocycles. The van der Waals surface area contributed by atoms with E-state index in [1.165, 1.54) is 0 Å². The predicted octanol–water partition coefficient (Wildman–Crippen LogP) is 1.59. The molecule has 3 heteroatoms. The van der Waals surface area contributed by atoms with E-state index in [1.807, 2.05) is 19.1 Å². The average molecular weight is 216 g/mol. The van der Waals surface area contributed by atoms with Gasteiger partial charge < -0.3 is 4.57 Å². The summed E-state index contributed by atoms with van der Waals surface area (Å²) in [5, 5.41) is 0.625. The van der Waals surface area contributed by atoms with Crippen molar-refractivity contribution < 1.29 is 0 Å². The summed E-state index contributed by atoms with van der Waals surface area (Å²) in [5.74, 6) is 0. The Bertz CT molecular complexity index is 316. The molecule has 1 rings (SSSR count). The second kappa shape index (κ2) is 3.22. The van der Waals surface area contributed by atoms with Crippen LogP contribution in [-0.2, 0) is 12.4 Å². The van der Waals surface area contributed by atoms with E-state index in [0.717, 1.165) is 11.3 Å². The topological polar surface area (TPSA) is 22.0 Å². The highest BCUT2D eigenvalue weighted by molar-refractivity contribution is 9.08. The quantitative estimate of drug-likeness (QED) is 0.653. The van der Waals surface area contributed by atoms with Gasteiger partial charge in [-0.05, 0) is 13.0 Å². The largest absolute Gasteiger partial charge is 0.316 e. The molecule has 60 valence electrons. The first-order chi connectivity index (χ1) is 5.16. The lowest BCUT2D eigenvalue weighted by Crippen LogP contribution is -2.21. The minimum absolute atomic E-state index is 0.0851. The molecule has 0 spiro atoms. The monoisotopic (exact) mass is 215 g/mol. The van der Waals surface area contributed by atoms with E-state index >= 15 is 0 Å². The fraction of sp³-hybridized carbons (Fsp3) is 0.375. The number of rotatable bonds is 1. The molecule has 0 aliphatic carbocycles. The van der Waals surface area contributed by atoms with Crippen molar-refractivity contribution in [3.8, 4) is 0 Å². The van der Waals surface area contributed by atoms with Crippen LogP contribution in [0.25, 0.3) is 0 Å². The van der Waals surface area contributed by atoms with E-state index in [1.54, 1.807) is 11.6 Å². The summed E-state index contributed by atoms with van der Waals surface area (Å²) in [7, 11) is 1.78. The summed E-state index contributed by atoms with van der Waals surface area (Å²) < 4.78 is 1.65. The molecule has 0 fully saturated rings. The van der Waals surface area contributed by atoms with Crippen LogP contribution in [0.15, 0.2) is 16.9 Å². The van der Waals surface area contributed by atoms with Crippen LogP contribution in [0.1, 0.15) is 11.3 Å². The van der Waals surface area contributed by atoms with Crippen LogP contribution < -0.4 is 5.56 Å². The standard InChI is InChI=1S/C8H10BrNO/c1-6-3-4-7(5-9)8(11)10(6)2/h3-4H,5H2,1-2H3. The molecule has 0 atom stereocenters. The minimum atomic E-state index is 0.0851. The third-order valence-electron chi connectivity index (χ3n) is 1.78. The van der Waals surface area contributed by atoms with Gasteiger partial charge >= 0.3 is 0 Å². The van der Waals surface area contributed by atoms with Gasteiger partial charge in [-0.25, -0.2) is 0 Å². The second-order valence-electron chi connectivity index (χ2n) is 2.50. The first-order valence-electron chi connectivity index (χ1n) is 3.38. The van der Waals surface area contributed by atoms with Crippen molar-refractivity contribution in [1.82, 2.24) is 4.57 Å². The lowest BCUT2D eigenvalue weighted by atomic mass is 10.3. The first kappa shape index (κ1) is 8.53. The molecule has 2 nitrogen and oxygen atoms in total. The second-order valence-corrected chi connectivity index (χ2v) is 3.06. The fourth-order valence-corrected chi connectivity index (χ4v) is 1.31. The number of aromatic nitrogens is 1.